The lowest BCUT2D eigenvalue weighted by molar-refractivity contribution is 0.0705. The van der Waals surface area contributed by atoms with Crippen LogP contribution in [0.3, 0.4) is 0 Å². The van der Waals surface area contributed by atoms with Crippen LogP contribution in [0.2, 0.25) is 0 Å². The molecule has 8 heteroatoms. The third kappa shape index (κ3) is 3.51. The average molecular weight is 435 g/mol. The molecule has 32 heavy (non-hydrogen) atoms. The highest BCUT2D eigenvalue weighted by atomic mass is 16.7. The van der Waals surface area contributed by atoms with Crippen LogP contribution in [0.4, 0.5) is 5.69 Å². The van der Waals surface area contributed by atoms with Crippen LogP contribution in [0, 0.1) is 0 Å². The molecule has 0 radical (unpaired) electrons. The third-order valence-electron chi connectivity index (χ3n) is 6.10. The van der Waals surface area contributed by atoms with Crippen LogP contribution in [0.1, 0.15) is 34.8 Å². The molecule has 2 N–H and O–H groups in total. The van der Waals surface area contributed by atoms with E-state index in [1.165, 1.54) is 0 Å². The van der Waals surface area contributed by atoms with E-state index in [4.69, 9.17) is 29.7 Å². The molecular formula is C24H25N3O5. The Morgan fingerprint density at radius 2 is 1.88 bits per heavy atom. The number of ether oxygens (including phenoxy) is 4. The summed E-state index contributed by atoms with van der Waals surface area (Å²) < 4.78 is 21.6. The third-order valence-corrected chi connectivity index (χ3v) is 6.10. The Hall–Kier alpha value is -3.68. The van der Waals surface area contributed by atoms with E-state index < -0.39 is 0 Å². The van der Waals surface area contributed by atoms with E-state index in [0.29, 0.717) is 47.3 Å². The molecule has 1 saturated heterocycles. The Labute approximate surface area is 185 Å². The van der Waals surface area contributed by atoms with E-state index in [0.717, 1.165) is 29.4 Å². The van der Waals surface area contributed by atoms with Gasteiger partial charge in [-0.05, 0) is 43.2 Å². The fraction of sp³-hybridized carbons (Fsp3) is 0.333. The fourth-order valence-corrected chi connectivity index (χ4v) is 4.46. The molecule has 1 aromatic heterocycles. The van der Waals surface area contributed by atoms with Gasteiger partial charge in [0, 0.05) is 36.0 Å². The van der Waals surface area contributed by atoms with E-state index in [-0.39, 0.29) is 18.6 Å². The zero-order valence-electron chi connectivity index (χ0n) is 18.1. The van der Waals surface area contributed by atoms with E-state index in [1.807, 2.05) is 23.1 Å². The van der Waals surface area contributed by atoms with Gasteiger partial charge in [0.25, 0.3) is 5.91 Å². The number of nitrogens with two attached hydrogens (primary N) is 1. The van der Waals surface area contributed by atoms with Crippen LogP contribution < -0.4 is 24.7 Å². The van der Waals surface area contributed by atoms with Gasteiger partial charge in [0.15, 0.2) is 23.0 Å². The number of carbonyl (C=O) groups excluding carboxylic acids is 1. The number of rotatable bonds is 4. The molecule has 8 nitrogen and oxygen atoms in total. The van der Waals surface area contributed by atoms with Crippen molar-refractivity contribution in [2.24, 2.45) is 0 Å². The van der Waals surface area contributed by atoms with E-state index in [1.54, 1.807) is 32.4 Å². The number of hydrogen-bond acceptors (Lipinski definition) is 7. The summed E-state index contributed by atoms with van der Waals surface area (Å²) in [6.07, 6.45) is 1.80. The summed E-state index contributed by atoms with van der Waals surface area (Å²) in [7, 11) is 3.20. The normalized spacial score (nSPS) is 17.4. The number of carbonyl (C=O) groups is 1. The number of piperidine rings is 1. The smallest absolute Gasteiger partial charge is 0.254 e. The van der Waals surface area contributed by atoms with Gasteiger partial charge in [-0.15, -0.1) is 0 Å². The van der Waals surface area contributed by atoms with Gasteiger partial charge in [0.2, 0.25) is 6.79 Å². The Balaban J connectivity index is 1.42. The molecule has 166 valence electrons. The lowest BCUT2D eigenvalue weighted by Gasteiger charge is -2.33. The minimum absolute atomic E-state index is 0.0289. The SMILES string of the molecule is COc1cc2cc(N)c([C@@H]3CCCN(C(=O)c4ccc5c(c4)OCO5)C3)nc2cc1OC. The topological polar surface area (TPSA) is 96.1 Å². The molecule has 2 aliphatic heterocycles. The van der Waals surface area contributed by atoms with E-state index >= 15 is 0 Å². The van der Waals surface area contributed by atoms with E-state index in [9.17, 15) is 4.79 Å². The van der Waals surface area contributed by atoms with Crippen LogP contribution in [0.5, 0.6) is 23.0 Å². The van der Waals surface area contributed by atoms with Gasteiger partial charge in [0.05, 0.1) is 31.1 Å². The van der Waals surface area contributed by atoms with Crippen molar-refractivity contribution in [2.75, 3.05) is 39.8 Å². The van der Waals surface area contributed by atoms with Crippen LogP contribution in [-0.4, -0.2) is 49.9 Å². The van der Waals surface area contributed by atoms with Crippen LogP contribution in [-0.2, 0) is 0 Å². The number of aromatic nitrogens is 1. The predicted octanol–water partition coefficient (Wildman–Crippen LogP) is 3.58. The van der Waals surface area contributed by atoms with Crippen LogP contribution >= 0.6 is 0 Å². The summed E-state index contributed by atoms with van der Waals surface area (Å²) >= 11 is 0. The number of likely N-dealkylation sites (tertiary alicyclic amines) is 1. The molecule has 0 aliphatic carbocycles. The Morgan fingerprint density at radius 1 is 1.09 bits per heavy atom. The van der Waals surface area contributed by atoms with Crippen molar-refractivity contribution in [1.82, 2.24) is 9.88 Å². The standard InChI is InChI=1S/C24H25N3O5/c1-29-20-10-16-8-17(25)23(26-18(16)11-21(20)30-2)15-4-3-7-27(12-15)24(28)14-5-6-19-22(9-14)32-13-31-19/h5-6,8-11,15H,3-4,7,12-13,25H2,1-2H3/t15-/m1/s1. The summed E-state index contributed by atoms with van der Waals surface area (Å²) in [5.41, 5.74) is 9.21. The molecule has 0 unspecified atom stereocenters. The minimum Gasteiger partial charge on any atom is -0.493 e. The summed E-state index contributed by atoms with van der Waals surface area (Å²) in [5.74, 6) is 2.55. The number of methoxy groups -OCH3 is 2. The van der Waals surface area contributed by atoms with Crippen molar-refractivity contribution < 1.29 is 23.7 Å². The van der Waals surface area contributed by atoms with Gasteiger partial charge in [-0.25, -0.2) is 0 Å². The summed E-state index contributed by atoms with van der Waals surface area (Å²) in [6, 6.07) is 10.9. The second kappa shape index (κ2) is 8.11. The molecule has 2 aliphatic rings. The molecule has 3 aromatic rings. The van der Waals surface area contributed by atoms with Crippen LogP contribution in [0.25, 0.3) is 10.9 Å². The average Bonchev–Trinajstić information content (AvgIpc) is 3.30. The molecule has 0 saturated carbocycles. The minimum atomic E-state index is -0.0289. The summed E-state index contributed by atoms with van der Waals surface area (Å²) in [5, 5.41) is 0.882. The molecular weight excluding hydrogens is 410 g/mol. The first kappa shape index (κ1) is 20.2. The number of pyridine rings is 1. The first-order chi connectivity index (χ1) is 15.6. The lowest BCUT2D eigenvalue weighted by atomic mass is 9.92. The maximum atomic E-state index is 13.2. The monoisotopic (exact) mass is 435 g/mol. The highest BCUT2D eigenvalue weighted by Crippen LogP contribution is 2.37. The summed E-state index contributed by atoms with van der Waals surface area (Å²) in [6.45, 7) is 1.44. The second-order valence-electron chi connectivity index (χ2n) is 8.02. The molecule has 1 amide bonds. The van der Waals surface area contributed by atoms with Gasteiger partial charge in [-0.2, -0.15) is 0 Å². The van der Waals surface area contributed by atoms with Crippen molar-refractivity contribution in [3.8, 4) is 23.0 Å². The Bertz CT molecular complexity index is 1200. The summed E-state index contributed by atoms with van der Waals surface area (Å²) in [4.78, 5) is 19.9. The molecule has 0 bridgehead atoms. The number of hydrogen-bond donors (Lipinski definition) is 1. The zero-order valence-corrected chi connectivity index (χ0v) is 18.1. The maximum absolute atomic E-state index is 13.2. The van der Waals surface area contributed by atoms with Gasteiger partial charge in [-0.1, -0.05) is 0 Å². The first-order valence-electron chi connectivity index (χ1n) is 10.6. The van der Waals surface area contributed by atoms with Crippen molar-refractivity contribution in [2.45, 2.75) is 18.8 Å². The molecule has 2 aromatic carbocycles. The van der Waals surface area contributed by atoms with Crippen molar-refractivity contribution in [1.29, 1.82) is 0 Å². The van der Waals surface area contributed by atoms with Crippen molar-refractivity contribution >= 4 is 22.5 Å². The first-order valence-corrected chi connectivity index (χ1v) is 10.6. The fourth-order valence-electron chi connectivity index (χ4n) is 4.46. The number of anilines is 1. The number of amides is 1. The molecule has 0 spiro atoms. The highest BCUT2D eigenvalue weighted by molar-refractivity contribution is 5.95. The van der Waals surface area contributed by atoms with Gasteiger partial charge in [-0.3, -0.25) is 9.78 Å². The largest absolute Gasteiger partial charge is 0.493 e. The molecule has 1 atom stereocenters. The maximum Gasteiger partial charge on any atom is 0.254 e. The number of nitrogens with zero attached hydrogens (tertiary/aromatic N) is 2. The Kier molecular flexibility index (Phi) is 5.13. The number of fused-ring (bicyclic) bond motifs is 2. The predicted molar refractivity (Wildman–Crippen MR) is 120 cm³/mol. The van der Waals surface area contributed by atoms with Crippen LogP contribution in [0.15, 0.2) is 36.4 Å². The second-order valence-corrected chi connectivity index (χ2v) is 8.02. The van der Waals surface area contributed by atoms with Crippen molar-refractivity contribution in [3.05, 3.63) is 47.7 Å². The quantitative estimate of drug-likeness (QED) is 0.669. The molecule has 5 rings (SSSR count). The number of nitrogen functional groups attached to an aromatic ring is 1. The molecule has 1 fully saturated rings. The van der Waals surface area contributed by atoms with Gasteiger partial charge < -0.3 is 29.6 Å². The lowest BCUT2D eigenvalue weighted by Crippen LogP contribution is -2.39. The number of benzene rings is 2. The highest BCUT2D eigenvalue weighted by Gasteiger charge is 2.29. The van der Waals surface area contributed by atoms with E-state index in [2.05, 4.69) is 0 Å². The van der Waals surface area contributed by atoms with Crippen molar-refractivity contribution in [3.63, 3.8) is 0 Å². The van der Waals surface area contributed by atoms with Gasteiger partial charge >= 0.3 is 0 Å². The Morgan fingerprint density at radius 3 is 2.69 bits per heavy atom. The zero-order chi connectivity index (χ0) is 22.2. The molecule has 3 heterocycles. The van der Waals surface area contributed by atoms with Gasteiger partial charge in [0.1, 0.15) is 0 Å².